The highest BCUT2D eigenvalue weighted by Gasteiger charge is 2.03. The van der Waals surface area contributed by atoms with Crippen molar-refractivity contribution < 1.29 is 9.15 Å². The van der Waals surface area contributed by atoms with E-state index in [2.05, 4.69) is 14.6 Å². The summed E-state index contributed by atoms with van der Waals surface area (Å²) in [5.41, 5.74) is 1.14. The van der Waals surface area contributed by atoms with Gasteiger partial charge in [-0.15, -0.1) is 5.10 Å². The minimum Gasteiger partial charge on any atom is -0.488 e. The lowest BCUT2D eigenvalue weighted by Gasteiger charge is -2.02. The molecule has 0 unspecified atom stereocenters. The fourth-order valence-electron chi connectivity index (χ4n) is 1.43. The number of hydrogen-bond donors (Lipinski definition) is 1. The quantitative estimate of drug-likeness (QED) is 0.761. The molecule has 0 amide bonds. The van der Waals surface area contributed by atoms with Crippen molar-refractivity contribution in [3.8, 4) is 5.75 Å². The van der Waals surface area contributed by atoms with Crippen LogP contribution < -0.4 is 10.5 Å². The van der Waals surface area contributed by atoms with E-state index in [1.54, 1.807) is 24.4 Å². The number of nitrogens with zero attached hydrogens (tertiary/aromatic N) is 2. The van der Waals surface area contributed by atoms with Crippen molar-refractivity contribution in [1.82, 2.24) is 14.6 Å². The number of aromatic amines is 1. The van der Waals surface area contributed by atoms with Gasteiger partial charge in [0.25, 0.3) is 0 Å². The Morgan fingerprint density at radius 3 is 3.24 bits per heavy atom. The van der Waals surface area contributed by atoms with Gasteiger partial charge in [-0.25, -0.2) is 4.79 Å². The van der Waals surface area contributed by atoms with Gasteiger partial charge in [0.1, 0.15) is 12.4 Å². The largest absolute Gasteiger partial charge is 0.488 e. The highest BCUT2D eigenvalue weighted by Crippen LogP contribution is 2.19. The molecule has 2 aromatic heterocycles. The Kier molecular flexibility index (Phi) is 2.37. The molecule has 0 aliphatic carbocycles. The van der Waals surface area contributed by atoms with Crippen LogP contribution in [0.15, 0.2) is 33.6 Å². The average molecular weight is 249 g/mol. The lowest BCUT2D eigenvalue weighted by molar-refractivity contribution is 0.310. The van der Waals surface area contributed by atoms with E-state index in [0.29, 0.717) is 23.5 Å². The molecule has 2 heterocycles. The summed E-state index contributed by atoms with van der Waals surface area (Å²) in [6.07, 6.45) is 1.66. The summed E-state index contributed by atoms with van der Waals surface area (Å²) in [5, 5.41) is 3.71. The second-order valence-electron chi connectivity index (χ2n) is 3.34. The van der Waals surface area contributed by atoms with Gasteiger partial charge in [-0.2, -0.15) is 0 Å². The predicted molar refractivity (Wildman–Crippen MR) is 61.1 cm³/mol. The third-order valence-corrected chi connectivity index (χ3v) is 2.81. The molecule has 0 fully saturated rings. The molecule has 17 heavy (non-hydrogen) atoms. The molecule has 0 aliphatic heterocycles. The summed E-state index contributed by atoms with van der Waals surface area (Å²) < 4.78 is 14.2. The molecule has 0 spiro atoms. The molecule has 1 N–H and O–H groups in total. The van der Waals surface area contributed by atoms with Crippen LogP contribution >= 0.6 is 11.5 Å². The topological polar surface area (TPSA) is 81.0 Å². The molecule has 0 saturated carbocycles. The highest BCUT2D eigenvalue weighted by molar-refractivity contribution is 7.05. The summed E-state index contributed by atoms with van der Waals surface area (Å²) in [7, 11) is 0. The van der Waals surface area contributed by atoms with Crippen LogP contribution in [-0.4, -0.2) is 14.6 Å². The molecule has 7 heteroatoms. The molecule has 0 saturated heterocycles. The maximum atomic E-state index is 11.0. The Balaban J connectivity index is 1.83. The zero-order chi connectivity index (χ0) is 11.7. The number of oxazole rings is 1. The third-order valence-electron chi connectivity index (χ3n) is 2.18. The Labute approximate surface area is 99.0 Å². The zero-order valence-corrected chi connectivity index (χ0v) is 9.36. The standard InChI is InChI=1S/C10H7N3O3S/c14-10-12-8-3-6(1-2-9(8)16-10)15-5-7-4-11-13-17-7/h1-4H,5H2,(H,12,14). The molecule has 0 aliphatic rings. The summed E-state index contributed by atoms with van der Waals surface area (Å²) in [4.78, 5) is 14.5. The Bertz CT molecular complexity index is 686. The number of rotatable bonds is 3. The van der Waals surface area contributed by atoms with Crippen LogP contribution in [0, 0.1) is 0 Å². The summed E-state index contributed by atoms with van der Waals surface area (Å²) in [6.45, 7) is 0.408. The van der Waals surface area contributed by atoms with Gasteiger partial charge in [0.2, 0.25) is 0 Å². The second kappa shape index (κ2) is 4.02. The Morgan fingerprint density at radius 2 is 2.41 bits per heavy atom. The number of aromatic nitrogens is 3. The first-order valence-corrected chi connectivity index (χ1v) is 5.60. The minimum atomic E-state index is -0.469. The Morgan fingerprint density at radius 1 is 1.47 bits per heavy atom. The van der Waals surface area contributed by atoms with Crippen molar-refractivity contribution in [3.63, 3.8) is 0 Å². The molecule has 0 radical (unpaired) electrons. The monoisotopic (exact) mass is 249 g/mol. The average Bonchev–Trinajstić information content (AvgIpc) is 2.92. The zero-order valence-electron chi connectivity index (χ0n) is 8.54. The number of H-pyrrole nitrogens is 1. The molecular formula is C10H7N3O3S. The van der Waals surface area contributed by atoms with Gasteiger partial charge in [0, 0.05) is 6.07 Å². The van der Waals surface area contributed by atoms with Crippen molar-refractivity contribution in [3.05, 3.63) is 39.8 Å². The van der Waals surface area contributed by atoms with Crippen molar-refractivity contribution >= 4 is 22.6 Å². The van der Waals surface area contributed by atoms with Crippen LogP contribution in [0.2, 0.25) is 0 Å². The van der Waals surface area contributed by atoms with Crippen LogP contribution in [0.5, 0.6) is 5.75 Å². The van der Waals surface area contributed by atoms with Crippen molar-refractivity contribution in [2.24, 2.45) is 0 Å². The maximum Gasteiger partial charge on any atom is 0.417 e. The normalized spacial score (nSPS) is 10.8. The SMILES string of the molecule is O=c1[nH]c2cc(OCc3cnns3)ccc2o1. The van der Waals surface area contributed by atoms with Crippen LogP contribution in [-0.2, 0) is 6.61 Å². The molecule has 6 nitrogen and oxygen atoms in total. The molecular weight excluding hydrogens is 242 g/mol. The van der Waals surface area contributed by atoms with Crippen LogP contribution in [0.25, 0.3) is 11.1 Å². The molecule has 0 bridgehead atoms. The molecule has 3 aromatic rings. The van der Waals surface area contributed by atoms with E-state index in [9.17, 15) is 4.79 Å². The van der Waals surface area contributed by atoms with Crippen molar-refractivity contribution in [2.75, 3.05) is 0 Å². The van der Waals surface area contributed by atoms with Gasteiger partial charge in [-0.1, -0.05) is 4.49 Å². The van der Waals surface area contributed by atoms with Gasteiger partial charge >= 0.3 is 5.76 Å². The van der Waals surface area contributed by atoms with E-state index in [0.717, 1.165) is 4.88 Å². The van der Waals surface area contributed by atoms with Crippen molar-refractivity contribution in [2.45, 2.75) is 6.61 Å². The third kappa shape index (κ3) is 2.04. The smallest absolute Gasteiger partial charge is 0.417 e. The number of ether oxygens (including phenoxy) is 1. The molecule has 0 atom stereocenters. The molecule has 86 valence electrons. The van der Waals surface area contributed by atoms with Crippen LogP contribution in [0.1, 0.15) is 4.88 Å². The number of nitrogens with one attached hydrogen (secondary N) is 1. The van der Waals surface area contributed by atoms with E-state index in [4.69, 9.17) is 9.15 Å². The minimum absolute atomic E-state index is 0.408. The van der Waals surface area contributed by atoms with Crippen molar-refractivity contribution in [1.29, 1.82) is 0 Å². The summed E-state index contributed by atoms with van der Waals surface area (Å²) in [6, 6.07) is 5.15. The first kappa shape index (κ1) is 10.0. The lowest BCUT2D eigenvalue weighted by atomic mass is 10.3. The summed E-state index contributed by atoms with van der Waals surface area (Å²) in [5.74, 6) is 0.187. The predicted octanol–water partition coefficient (Wildman–Crippen LogP) is 1.55. The highest BCUT2D eigenvalue weighted by atomic mass is 32.1. The molecule has 3 rings (SSSR count). The van der Waals surface area contributed by atoms with E-state index in [1.165, 1.54) is 11.5 Å². The summed E-state index contributed by atoms with van der Waals surface area (Å²) >= 11 is 1.29. The first-order valence-electron chi connectivity index (χ1n) is 4.83. The number of hydrogen-bond acceptors (Lipinski definition) is 6. The Hall–Kier alpha value is -2.15. The fraction of sp³-hybridized carbons (Fsp3) is 0.100. The first-order chi connectivity index (χ1) is 8.31. The van der Waals surface area contributed by atoms with Gasteiger partial charge in [-0.05, 0) is 23.7 Å². The van der Waals surface area contributed by atoms with Crippen LogP contribution in [0.4, 0.5) is 0 Å². The van der Waals surface area contributed by atoms with E-state index < -0.39 is 5.76 Å². The van der Waals surface area contributed by atoms with E-state index in [-0.39, 0.29) is 0 Å². The van der Waals surface area contributed by atoms with Crippen LogP contribution in [0.3, 0.4) is 0 Å². The van der Waals surface area contributed by atoms with E-state index in [1.807, 2.05) is 0 Å². The van der Waals surface area contributed by atoms with E-state index >= 15 is 0 Å². The molecule has 1 aromatic carbocycles. The number of benzene rings is 1. The lowest BCUT2D eigenvalue weighted by Crippen LogP contribution is -1.94. The van der Waals surface area contributed by atoms with Gasteiger partial charge in [0.15, 0.2) is 5.58 Å². The number of fused-ring (bicyclic) bond motifs is 1. The van der Waals surface area contributed by atoms with Gasteiger partial charge in [0.05, 0.1) is 16.6 Å². The maximum absolute atomic E-state index is 11.0. The fourth-order valence-corrected chi connectivity index (χ4v) is 1.83. The van der Waals surface area contributed by atoms with Gasteiger partial charge in [-0.3, -0.25) is 4.98 Å². The second-order valence-corrected chi connectivity index (χ2v) is 4.22. The van der Waals surface area contributed by atoms with Gasteiger partial charge < -0.3 is 9.15 Å².